The Kier molecular flexibility index (Phi) is 5.75. The largest absolute Gasteiger partial charge is 0.383 e. The Balaban J connectivity index is 1.59. The number of nitrogens with two attached hydrogens (primary N) is 1. The molecule has 2 aromatic heterocycles. The zero-order chi connectivity index (χ0) is 19.6. The summed E-state index contributed by atoms with van der Waals surface area (Å²) < 4.78 is 28.4. The minimum atomic E-state index is -3.87. The summed E-state index contributed by atoms with van der Waals surface area (Å²) in [5.41, 5.74) is 7.54. The fourth-order valence-corrected chi connectivity index (χ4v) is 4.89. The number of fused-ring (bicyclic) bond motifs is 1. The van der Waals surface area contributed by atoms with Gasteiger partial charge in [0.25, 0.3) is 0 Å². The van der Waals surface area contributed by atoms with Crippen molar-refractivity contribution in [1.29, 1.82) is 0 Å². The number of halogens is 1. The van der Waals surface area contributed by atoms with Gasteiger partial charge in [0.1, 0.15) is 10.7 Å². The second-order valence-electron chi connectivity index (χ2n) is 5.72. The summed E-state index contributed by atoms with van der Waals surface area (Å²) in [6, 6.07) is 7.19. The van der Waals surface area contributed by atoms with Gasteiger partial charge in [0.15, 0.2) is 5.13 Å². The monoisotopic (exact) mass is 469 g/mol. The van der Waals surface area contributed by atoms with Crippen molar-refractivity contribution in [1.82, 2.24) is 14.7 Å². The first kappa shape index (κ1) is 19.7. The fourth-order valence-electron chi connectivity index (χ4n) is 2.29. The summed E-state index contributed by atoms with van der Waals surface area (Å²) in [6.07, 6.45) is 1.36. The molecule has 2 heterocycles. The fraction of sp³-hybridized carbons (Fsp3) is 0.188. The molecule has 0 spiro atoms. The summed E-state index contributed by atoms with van der Waals surface area (Å²) in [4.78, 5) is 20.1. The standard InChI is InChI=1S/C16H16BrN5O3S2/c1-9-2-3-11-12(6-9)26-16(21-11)22-14(23)4-5-20-27(24,25)13-7-10(17)8-19-15(13)18/h2-3,6-8,20H,4-5H2,1H3,(H2,18,19)(H,21,22,23). The zero-order valence-electron chi connectivity index (χ0n) is 14.2. The van der Waals surface area contributed by atoms with Crippen molar-refractivity contribution in [2.45, 2.75) is 18.2 Å². The van der Waals surface area contributed by atoms with Gasteiger partial charge >= 0.3 is 0 Å². The summed E-state index contributed by atoms with van der Waals surface area (Å²) in [7, 11) is -3.87. The van der Waals surface area contributed by atoms with Crippen LogP contribution in [0.4, 0.5) is 10.9 Å². The van der Waals surface area contributed by atoms with Crippen molar-refractivity contribution in [2.75, 3.05) is 17.6 Å². The maximum absolute atomic E-state index is 12.3. The van der Waals surface area contributed by atoms with Crippen LogP contribution in [0.1, 0.15) is 12.0 Å². The van der Waals surface area contributed by atoms with Gasteiger partial charge in [0, 0.05) is 23.6 Å². The van der Waals surface area contributed by atoms with Crippen molar-refractivity contribution in [2.24, 2.45) is 0 Å². The molecule has 1 amide bonds. The molecule has 27 heavy (non-hydrogen) atoms. The molecule has 0 bridgehead atoms. The van der Waals surface area contributed by atoms with Crippen LogP contribution < -0.4 is 15.8 Å². The van der Waals surface area contributed by atoms with E-state index >= 15 is 0 Å². The number of nitrogens with zero attached hydrogens (tertiary/aromatic N) is 2. The molecule has 0 fully saturated rings. The van der Waals surface area contributed by atoms with E-state index in [1.165, 1.54) is 23.6 Å². The molecule has 142 valence electrons. The third-order valence-electron chi connectivity index (χ3n) is 3.57. The number of carbonyl (C=O) groups excluding carboxylic acids is 1. The van der Waals surface area contributed by atoms with Crippen LogP contribution in [-0.4, -0.2) is 30.8 Å². The molecule has 0 saturated carbocycles. The van der Waals surface area contributed by atoms with Crippen molar-refractivity contribution in [3.05, 3.63) is 40.5 Å². The van der Waals surface area contributed by atoms with Gasteiger partial charge in [-0.1, -0.05) is 17.4 Å². The minimum Gasteiger partial charge on any atom is -0.383 e. The third kappa shape index (κ3) is 4.80. The highest BCUT2D eigenvalue weighted by Crippen LogP contribution is 2.26. The van der Waals surface area contributed by atoms with E-state index in [1.54, 1.807) is 0 Å². The maximum atomic E-state index is 12.3. The van der Waals surface area contributed by atoms with Gasteiger partial charge in [0.2, 0.25) is 15.9 Å². The highest BCUT2D eigenvalue weighted by Gasteiger charge is 2.19. The number of amides is 1. The van der Waals surface area contributed by atoms with E-state index in [1.807, 2.05) is 25.1 Å². The first-order valence-electron chi connectivity index (χ1n) is 7.82. The van der Waals surface area contributed by atoms with Crippen LogP contribution in [0, 0.1) is 6.92 Å². The molecule has 0 radical (unpaired) electrons. The number of rotatable bonds is 6. The number of nitrogens with one attached hydrogen (secondary N) is 2. The normalized spacial score (nSPS) is 11.6. The summed E-state index contributed by atoms with van der Waals surface area (Å²) in [5.74, 6) is -0.450. The lowest BCUT2D eigenvalue weighted by atomic mass is 10.2. The second-order valence-corrected chi connectivity index (χ2v) is 9.40. The summed E-state index contributed by atoms with van der Waals surface area (Å²) in [5, 5.41) is 3.16. The quantitative estimate of drug-likeness (QED) is 0.509. The van der Waals surface area contributed by atoms with Gasteiger partial charge in [-0.25, -0.2) is 23.1 Å². The predicted octanol–water partition coefficient (Wildman–Crippen LogP) is 2.65. The summed E-state index contributed by atoms with van der Waals surface area (Å²) in [6.45, 7) is 1.90. The Hall–Kier alpha value is -2.08. The van der Waals surface area contributed by atoms with Crippen LogP contribution in [0.3, 0.4) is 0 Å². The van der Waals surface area contributed by atoms with E-state index in [0.29, 0.717) is 9.60 Å². The van der Waals surface area contributed by atoms with Crippen LogP contribution in [0.25, 0.3) is 10.2 Å². The van der Waals surface area contributed by atoms with E-state index in [9.17, 15) is 13.2 Å². The molecule has 0 aliphatic heterocycles. The number of thiazole rings is 1. The zero-order valence-corrected chi connectivity index (χ0v) is 17.4. The van der Waals surface area contributed by atoms with Crippen molar-refractivity contribution in [3.8, 4) is 0 Å². The molecule has 4 N–H and O–H groups in total. The van der Waals surface area contributed by atoms with E-state index in [-0.39, 0.29) is 29.6 Å². The SMILES string of the molecule is Cc1ccc2nc(NC(=O)CCNS(=O)(=O)c3cc(Br)cnc3N)sc2c1. The van der Waals surface area contributed by atoms with Gasteiger partial charge in [-0.3, -0.25) is 4.79 Å². The number of carbonyl (C=O) groups is 1. The molecular formula is C16H16BrN5O3S2. The van der Waals surface area contributed by atoms with E-state index < -0.39 is 10.0 Å². The first-order valence-corrected chi connectivity index (χ1v) is 10.9. The van der Waals surface area contributed by atoms with Crippen LogP contribution in [0.2, 0.25) is 0 Å². The minimum absolute atomic E-state index is 0.0461. The molecule has 11 heteroatoms. The summed E-state index contributed by atoms with van der Waals surface area (Å²) >= 11 is 4.52. The van der Waals surface area contributed by atoms with Crippen LogP contribution in [0.15, 0.2) is 39.8 Å². The Labute approximate surface area is 168 Å². The molecule has 1 aromatic carbocycles. The molecule has 0 atom stereocenters. The van der Waals surface area contributed by atoms with Crippen molar-refractivity contribution >= 4 is 64.4 Å². The van der Waals surface area contributed by atoms with Crippen LogP contribution >= 0.6 is 27.3 Å². The lowest BCUT2D eigenvalue weighted by molar-refractivity contribution is -0.116. The number of sulfonamides is 1. The Morgan fingerprint density at radius 3 is 2.89 bits per heavy atom. The number of nitrogen functional groups attached to an aromatic ring is 1. The van der Waals surface area contributed by atoms with Gasteiger partial charge in [0.05, 0.1) is 10.2 Å². The Morgan fingerprint density at radius 1 is 1.33 bits per heavy atom. The third-order valence-corrected chi connectivity index (χ3v) is 6.43. The van der Waals surface area contributed by atoms with Gasteiger partial charge < -0.3 is 11.1 Å². The van der Waals surface area contributed by atoms with Crippen molar-refractivity contribution < 1.29 is 13.2 Å². The lowest BCUT2D eigenvalue weighted by Crippen LogP contribution is -2.28. The lowest BCUT2D eigenvalue weighted by Gasteiger charge is -2.08. The number of benzene rings is 1. The highest BCUT2D eigenvalue weighted by atomic mass is 79.9. The molecule has 0 saturated heterocycles. The van der Waals surface area contributed by atoms with Crippen LogP contribution in [0.5, 0.6) is 0 Å². The molecular weight excluding hydrogens is 454 g/mol. The van der Waals surface area contributed by atoms with Gasteiger partial charge in [-0.15, -0.1) is 0 Å². The maximum Gasteiger partial charge on any atom is 0.244 e. The van der Waals surface area contributed by atoms with E-state index in [2.05, 4.69) is 35.9 Å². The van der Waals surface area contributed by atoms with Crippen LogP contribution in [-0.2, 0) is 14.8 Å². The number of hydrogen-bond donors (Lipinski definition) is 3. The number of hydrogen-bond acceptors (Lipinski definition) is 7. The average Bonchev–Trinajstić information content (AvgIpc) is 2.97. The molecule has 8 nitrogen and oxygen atoms in total. The second kappa shape index (κ2) is 7.89. The van der Waals surface area contributed by atoms with Crippen molar-refractivity contribution in [3.63, 3.8) is 0 Å². The number of anilines is 2. The molecule has 0 unspecified atom stereocenters. The number of aryl methyl sites for hydroxylation is 1. The Morgan fingerprint density at radius 2 is 2.11 bits per heavy atom. The first-order chi connectivity index (χ1) is 12.7. The molecule has 3 aromatic rings. The molecule has 3 rings (SSSR count). The topological polar surface area (TPSA) is 127 Å². The number of pyridine rings is 1. The molecule has 0 aliphatic carbocycles. The highest BCUT2D eigenvalue weighted by molar-refractivity contribution is 9.10. The molecule has 0 aliphatic rings. The predicted molar refractivity (Wildman–Crippen MR) is 109 cm³/mol. The van der Waals surface area contributed by atoms with Gasteiger partial charge in [-0.2, -0.15) is 0 Å². The van der Waals surface area contributed by atoms with E-state index in [4.69, 9.17) is 5.73 Å². The van der Waals surface area contributed by atoms with Gasteiger partial charge in [-0.05, 0) is 46.6 Å². The average molecular weight is 470 g/mol. The smallest absolute Gasteiger partial charge is 0.244 e. The number of aromatic nitrogens is 2. The Bertz CT molecular complexity index is 1110. The van der Waals surface area contributed by atoms with E-state index in [0.717, 1.165) is 15.8 Å².